The van der Waals surface area contributed by atoms with E-state index in [1.807, 2.05) is 0 Å². The minimum Gasteiger partial charge on any atom is -0.496 e. The van der Waals surface area contributed by atoms with Crippen LogP contribution in [-0.2, 0) is 16.3 Å². The Morgan fingerprint density at radius 2 is 1.62 bits per heavy atom. The number of ether oxygens (including phenoxy) is 1. The number of alkyl halides is 3. The Morgan fingerprint density at radius 1 is 0.941 bits per heavy atom. The van der Waals surface area contributed by atoms with Gasteiger partial charge in [-0.05, 0) is 48.0 Å². The third-order valence-corrected chi connectivity index (χ3v) is 6.12. The fraction of sp³-hybridized carbons (Fsp3) is 0.0870. The van der Waals surface area contributed by atoms with Crippen molar-refractivity contribution in [2.24, 2.45) is 0 Å². The van der Waals surface area contributed by atoms with Crippen LogP contribution < -0.4 is 10.3 Å². The van der Waals surface area contributed by atoms with Gasteiger partial charge in [0.1, 0.15) is 16.5 Å². The lowest BCUT2D eigenvalue weighted by atomic mass is 9.95. The van der Waals surface area contributed by atoms with Crippen molar-refractivity contribution >= 4 is 21.0 Å². The van der Waals surface area contributed by atoms with E-state index in [0.717, 1.165) is 42.5 Å². The molecule has 4 aromatic rings. The molecule has 0 fully saturated rings. The number of H-pyrrole nitrogens is 1. The minimum atomic E-state index is -4.78. The number of halogens is 4. The quantitative estimate of drug-likeness (QED) is 0.298. The number of rotatable bonds is 4. The van der Waals surface area contributed by atoms with Gasteiger partial charge in [-0.2, -0.15) is 21.6 Å². The average molecular weight is 493 g/mol. The van der Waals surface area contributed by atoms with E-state index in [1.165, 1.54) is 25.3 Å². The Balaban J connectivity index is 1.99. The standard InChI is InChI=1S/C23H15F4NO5S/c1-33-19-11-15(12-2-4-13(5-3-12)23(25,26)27)17(24)10-16(19)22-14-6-9-21(29)28-18(14)7-8-20(22)34(30,31)32/h2-11H,1H3,(H,28,29)(H,30,31,32). The molecule has 0 atom stereocenters. The zero-order valence-corrected chi connectivity index (χ0v) is 18.1. The Labute approximate surface area is 190 Å². The van der Waals surface area contributed by atoms with Crippen molar-refractivity contribution in [3.63, 3.8) is 0 Å². The van der Waals surface area contributed by atoms with Gasteiger partial charge in [0.05, 0.1) is 12.7 Å². The molecule has 0 saturated heterocycles. The predicted octanol–water partition coefficient (Wildman–Crippen LogP) is 5.28. The summed E-state index contributed by atoms with van der Waals surface area (Å²) in [4.78, 5) is 13.7. The Hall–Kier alpha value is -3.70. The first kappa shape index (κ1) is 23.5. The molecule has 0 amide bonds. The summed E-state index contributed by atoms with van der Waals surface area (Å²) in [6, 6.07) is 10.8. The summed E-state index contributed by atoms with van der Waals surface area (Å²) in [6.45, 7) is 0. The number of hydrogen-bond donors (Lipinski definition) is 2. The van der Waals surface area contributed by atoms with Crippen molar-refractivity contribution in [2.75, 3.05) is 7.11 Å². The molecule has 0 aliphatic heterocycles. The fourth-order valence-electron chi connectivity index (χ4n) is 3.69. The molecule has 34 heavy (non-hydrogen) atoms. The highest BCUT2D eigenvalue weighted by Crippen LogP contribution is 2.42. The van der Waals surface area contributed by atoms with Gasteiger partial charge in [-0.3, -0.25) is 9.35 Å². The highest BCUT2D eigenvalue weighted by Gasteiger charge is 2.30. The largest absolute Gasteiger partial charge is 0.496 e. The average Bonchev–Trinajstić information content (AvgIpc) is 2.76. The van der Waals surface area contributed by atoms with Crippen LogP contribution in [0.3, 0.4) is 0 Å². The summed E-state index contributed by atoms with van der Waals surface area (Å²) < 4.78 is 93.1. The summed E-state index contributed by atoms with van der Waals surface area (Å²) in [6.07, 6.45) is -4.56. The third kappa shape index (κ3) is 4.27. The topological polar surface area (TPSA) is 96.5 Å². The molecular weight excluding hydrogens is 478 g/mol. The van der Waals surface area contributed by atoms with Crippen LogP contribution >= 0.6 is 0 Å². The van der Waals surface area contributed by atoms with Crippen molar-refractivity contribution in [1.29, 1.82) is 0 Å². The highest BCUT2D eigenvalue weighted by molar-refractivity contribution is 7.86. The van der Waals surface area contributed by atoms with Crippen LogP contribution in [0, 0.1) is 5.82 Å². The maximum Gasteiger partial charge on any atom is 0.416 e. The van der Waals surface area contributed by atoms with Crippen LogP contribution in [0.1, 0.15) is 5.56 Å². The molecule has 1 heterocycles. The lowest BCUT2D eigenvalue weighted by Gasteiger charge is -2.17. The van der Waals surface area contributed by atoms with Crippen LogP contribution in [-0.4, -0.2) is 25.1 Å². The Morgan fingerprint density at radius 3 is 2.21 bits per heavy atom. The van der Waals surface area contributed by atoms with Crippen LogP contribution in [0.2, 0.25) is 0 Å². The molecule has 6 nitrogen and oxygen atoms in total. The molecule has 176 valence electrons. The lowest BCUT2D eigenvalue weighted by Crippen LogP contribution is -2.07. The molecule has 0 radical (unpaired) electrons. The third-order valence-electron chi connectivity index (χ3n) is 5.23. The Bertz CT molecular complexity index is 1580. The number of methoxy groups -OCH3 is 1. The molecule has 3 aromatic carbocycles. The van der Waals surface area contributed by atoms with Crippen LogP contribution in [0.5, 0.6) is 5.75 Å². The number of aromatic amines is 1. The highest BCUT2D eigenvalue weighted by atomic mass is 32.2. The number of pyridine rings is 1. The van der Waals surface area contributed by atoms with Gasteiger partial charge in [-0.1, -0.05) is 12.1 Å². The van der Waals surface area contributed by atoms with Gasteiger partial charge in [-0.15, -0.1) is 0 Å². The smallest absolute Gasteiger partial charge is 0.416 e. The molecule has 11 heteroatoms. The minimum absolute atomic E-state index is 0.0140. The number of aromatic nitrogens is 1. The number of benzene rings is 3. The summed E-state index contributed by atoms with van der Waals surface area (Å²) in [7, 11) is -3.54. The molecular formula is C23H15F4NO5S. The number of hydrogen-bond acceptors (Lipinski definition) is 4. The van der Waals surface area contributed by atoms with E-state index in [2.05, 4.69) is 4.98 Å². The maximum absolute atomic E-state index is 15.2. The zero-order chi connectivity index (χ0) is 24.8. The second-order valence-corrected chi connectivity index (χ2v) is 8.69. The number of fused-ring (bicyclic) bond motifs is 1. The van der Waals surface area contributed by atoms with Crippen molar-refractivity contribution in [3.8, 4) is 28.0 Å². The predicted molar refractivity (Wildman–Crippen MR) is 117 cm³/mol. The SMILES string of the molecule is COc1cc(-c2ccc(C(F)(F)F)cc2)c(F)cc1-c1c(S(=O)(=O)O)ccc2[nH]c(=O)ccc12. The molecule has 0 aliphatic carbocycles. The molecule has 0 spiro atoms. The maximum atomic E-state index is 15.2. The van der Waals surface area contributed by atoms with E-state index in [1.54, 1.807) is 0 Å². The van der Waals surface area contributed by atoms with Crippen LogP contribution in [0.25, 0.3) is 33.2 Å². The first-order valence-corrected chi connectivity index (χ1v) is 11.0. The first-order valence-electron chi connectivity index (χ1n) is 9.59. The van der Waals surface area contributed by atoms with E-state index in [9.17, 15) is 30.9 Å². The summed E-state index contributed by atoms with van der Waals surface area (Å²) >= 11 is 0. The fourth-order valence-corrected chi connectivity index (χ4v) is 4.40. The van der Waals surface area contributed by atoms with Gasteiger partial charge < -0.3 is 9.72 Å². The van der Waals surface area contributed by atoms with E-state index >= 15 is 4.39 Å². The van der Waals surface area contributed by atoms with Gasteiger partial charge in [0, 0.05) is 33.7 Å². The Kier molecular flexibility index (Phi) is 5.70. The van der Waals surface area contributed by atoms with Crippen molar-refractivity contribution in [2.45, 2.75) is 11.1 Å². The molecule has 0 aliphatic rings. The lowest BCUT2D eigenvalue weighted by molar-refractivity contribution is -0.137. The summed E-state index contributed by atoms with van der Waals surface area (Å²) in [5.74, 6) is -0.891. The monoisotopic (exact) mass is 493 g/mol. The van der Waals surface area contributed by atoms with Crippen LogP contribution in [0.4, 0.5) is 17.6 Å². The molecule has 4 rings (SSSR count). The van der Waals surface area contributed by atoms with E-state index in [0.29, 0.717) is 0 Å². The molecule has 0 bridgehead atoms. The van der Waals surface area contributed by atoms with E-state index in [4.69, 9.17) is 4.74 Å². The van der Waals surface area contributed by atoms with Crippen LogP contribution in [0.15, 0.2) is 70.4 Å². The molecule has 2 N–H and O–H groups in total. The van der Waals surface area contributed by atoms with Crippen molar-refractivity contribution < 1.29 is 35.3 Å². The second-order valence-electron chi connectivity index (χ2n) is 7.31. The van der Waals surface area contributed by atoms with Gasteiger partial charge in [0.2, 0.25) is 5.56 Å². The summed E-state index contributed by atoms with van der Waals surface area (Å²) in [5.41, 5.74) is -1.27. The zero-order valence-electron chi connectivity index (χ0n) is 17.3. The molecule has 0 unspecified atom stereocenters. The van der Waals surface area contributed by atoms with Gasteiger partial charge in [0.15, 0.2) is 0 Å². The molecule has 0 saturated carbocycles. The van der Waals surface area contributed by atoms with E-state index < -0.39 is 38.1 Å². The van der Waals surface area contributed by atoms with Gasteiger partial charge >= 0.3 is 6.18 Å². The number of nitrogens with one attached hydrogen (secondary N) is 1. The van der Waals surface area contributed by atoms with Gasteiger partial charge in [-0.25, -0.2) is 4.39 Å². The summed E-state index contributed by atoms with van der Waals surface area (Å²) in [5, 5.41) is 0.190. The van der Waals surface area contributed by atoms with E-state index in [-0.39, 0.29) is 38.9 Å². The van der Waals surface area contributed by atoms with Crippen molar-refractivity contribution in [3.05, 3.63) is 82.4 Å². The second kappa shape index (κ2) is 8.26. The normalized spacial score (nSPS) is 12.2. The molecule has 1 aromatic heterocycles. The van der Waals surface area contributed by atoms with Crippen molar-refractivity contribution in [1.82, 2.24) is 4.98 Å². The van der Waals surface area contributed by atoms with Gasteiger partial charge in [0.25, 0.3) is 10.1 Å². The first-order chi connectivity index (χ1) is 15.9.